The molecule has 2 fully saturated rings. The Kier molecular flexibility index (Phi) is 8.32. The zero-order valence-corrected chi connectivity index (χ0v) is 22.2. The molecule has 0 aliphatic carbocycles. The lowest BCUT2D eigenvalue weighted by Crippen LogP contribution is -2.44. The molecule has 0 bridgehead atoms. The second-order valence-electron chi connectivity index (χ2n) is 10.2. The second kappa shape index (κ2) is 12.0. The van der Waals surface area contributed by atoms with Gasteiger partial charge in [-0.25, -0.2) is 4.39 Å². The number of hydrogen-bond donors (Lipinski definition) is 0. The minimum absolute atomic E-state index is 0.159. The van der Waals surface area contributed by atoms with Crippen LogP contribution in [0.15, 0.2) is 89.6 Å². The minimum atomic E-state index is -0.163. The van der Waals surface area contributed by atoms with Crippen LogP contribution in [-0.4, -0.2) is 47.9 Å². The molecule has 2 atom stereocenters. The van der Waals surface area contributed by atoms with Gasteiger partial charge in [-0.3, -0.25) is 4.79 Å². The van der Waals surface area contributed by atoms with Gasteiger partial charge in [0.15, 0.2) is 0 Å². The summed E-state index contributed by atoms with van der Waals surface area (Å²) in [5, 5.41) is 6.24. The summed E-state index contributed by atoms with van der Waals surface area (Å²) in [6.45, 7) is 6.13. The van der Waals surface area contributed by atoms with Crippen LogP contribution < -0.4 is 0 Å². The lowest BCUT2D eigenvalue weighted by atomic mass is 9.87. The Bertz CT molecular complexity index is 1260. The predicted molar refractivity (Wildman–Crippen MR) is 152 cm³/mol. The summed E-state index contributed by atoms with van der Waals surface area (Å²) in [4.78, 5) is 18.0. The molecule has 37 heavy (non-hydrogen) atoms. The molecule has 5 heteroatoms. The topological polar surface area (TPSA) is 23.6 Å². The highest BCUT2D eigenvalue weighted by Gasteiger charge is 2.34. The highest BCUT2D eigenvalue weighted by atomic mass is 32.1. The number of carbonyl (C=O) groups excluding carboxylic acids is 1. The lowest BCUT2D eigenvalue weighted by molar-refractivity contribution is 0.0767. The monoisotopic (exact) mass is 514 g/mol. The van der Waals surface area contributed by atoms with E-state index in [2.05, 4.69) is 24.0 Å². The molecule has 3 heterocycles. The van der Waals surface area contributed by atoms with E-state index in [0.29, 0.717) is 17.9 Å². The first kappa shape index (κ1) is 25.6. The van der Waals surface area contributed by atoms with Crippen molar-refractivity contribution >= 4 is 28.0 Å². The smallest absolute Gasteiger partial charge is 0.254 e. The zero-order valence-electron chi connectivity index (χ0n) is 21.4. The van der Waals surface area contributed by atoms with Gasteiger partial charge in [-0.05, 0) is 96.4 Å². The summed E-state index contributed by atoms with van der Waals surface area (Å²) in [7, 11) is 0. The summed E-state index contributed by atoms with van der Waals surface area (Å²) in [5.41, 5.74) is 2.07. The van der Waals surface area contributed by atoms with Crippen LogP contribution in [0.25, 0.3) is 10.8 Å². The van der Waals surface area contributed by atoms with E-state index in [4.69, 9.17) is 0 Å². The summed E-state index contributed by atoms with van der Waals surface area (Å²) < 4.78 is 13.2. The Morgan fingerprint density at radius 1 is 0.865 bits per heavy atom. The van der Waals surface area contributed by atoms with Crippen LogP contribution in [0.3, 0.4) is 0 Å². The first-order valence-corrected chi connectivity index (χ1v) is 14.3. The molecule has 6 rings (SSSR count). The van der Waals surface area contributed by atoms with E-state index in [9.17, 15) is 9.18 Å². The molecule has 4 aromatic rings. The third-order valence-electron chi connectivity index (χ3n) is 8.09. The average Bonchev–Trinajstić information content (AvgIpc) is 3.69. The van der Waals surface area contributed by atoms with Crippen molar-refractivity contribution in [2.24, 2.45) is 5.92 Å². The summed E-state index contributed by atoms with van der Waals surface area (Å²) in [5.74, 6) is 1.03. The molecule has 3 nitrogen and oxygen atoms in total. The number of nitrogens with zero attached hydrogens (tertiary/aromatic N) is 2. The number of likely N-dealkylation sites (tertiary alicyclic amines) is 2. The van der Waals surface area contributed by atoms with Gasteiger partial charge in [0.1, 0.15) is 5.82 Å². The average molecular weight is 515 g/mol. The van der Waals surface area contributed by atoms with Crippen molar-refractivity contribution in [3.05, 3.63) is 107 Å². The van der Waals surface area contributed by atoms with E-state index in [0.717, 1.165) is 61.8 Å². The maximum atomic E-state index is 13.3. The standard InChI is InChI=1S/C28H31FN2O.C4H4S/c1-20(30-16-13-22(14-17-30)21-9-11-25(29)12-10-21)24-15-18-31(19-24)28(32)27-8-4-6-23-5-2-3-7-26(23)27;1-2-4-5-3-1/h2-12,20,22,24H,13-19H2,1H3;1-4H. The van der Waals surface area contributed by atoms with Crippen LogP contribution in [0, 0.1) is 11.7 Å². The first-order valence-electron chi connectivity index (χ1n) is 13.3. The number of hydrogen-bond acceptors (Lipinski definition) is 3. The molecular formula is C32H35FN2OS. The fourth-order valence-corrected chi connectivity index (χ4v) is 6.30. The fourth-order valence-electron chi connectivity index (χ4n) is 5.85. The zero-order chi connectivity index (χ0) is 25.6. The van der Waals surface area contributed by atoms with E-state index < -0.39 is 0 Å². The van der Waals surface area contributed by atoms with Crippen LogP contribution in [0.5, 0.6) is 0 Å². The Balaban J connectivity index is 0.000000503. The van der Waals surface area contributed by atoms with Gasteiger partial charge in [-0.2, -0.15) is 11.3 Å². The van der Waals surface area contributed by atoms with Crippen molar-refractivity contribution in [2.45, 2.75) is 38.1 Å². The molecule has 2 unspecified atom stereocenters. The molecule has 1 amide bonds. The van der Waals surface area contributed by atoms with E-state index in [1.807, 2.05) is 70.3 Å². The number of halogens is 1. The third kappa shape index (κ3) is 6.11. The van der Waals surface area contributed by atoms with Crippen molar-refractivity contribution in [3.8, 4) is 0 Å². The van der Waals surface area contributed by atoms with Crippen LogP contribution >= 0.6 is 11.3 Å². The van der Waals surface area contributed by atoms with Crippen molar-refractivity contribution in [1.82, 2.24) is 9.80 Å². The molecule has 3 aromatic carbocycles. The van der Waals surface area contributed by atoms with Crippen LogP contribution in [0.2, 0.25) is 0 Å². The van der Waals surface area contributed by atoms with Crippen LogP contribution in [-0.2, 0) is 0 Å². The van der Waals surface area contributed by atoms with E-state index >= 15 is 0 Å². The van der Waals surface area contributed by atoms with Crippen molar-refractivity contribution in [1.29, 1.82) is 0 Å². The molecule has 1 aromatic heterocycles. The Hall–Kier alpha value is -3.02. The van der Waals surface area contributed by atoms with Gasteiger partial charge in [0.25, 0.3) is 5.91 Å². The van der Waals surface area contributed by atoms with Gasteiger partial charge >= 0.3 is 0 Å². The molecule has 0 saturated carbocycles. The Labute approximate surface area is 223 Å². The predicted octanol–water partition coefficient (Wildman–Crippen LogP) is 7.46. The highest BCUT2D eigenvalue weighted by molar-refractivity contribution is 7.07. The molecule has 0 radical (unpaired) electrons. The number of thiophene rings is 1. The van der Waals surface area contributed by atoms with Gasteiger partial charge in [-0.1, -0.05) is 60.7 Å². The maximum absolute atomic E-state index is 13.3. The van der Waals surface area contributed by atoms with Gasteiger partial charge in [0.05, 0.1) is 0 Å². The number of fused-ring (bicyclic) bond motifs is 1. The molecular weight excluding hydrogens is 479 g/mol. The lowest BCUT2D eigenvalue weighted by Gasteiger charge is -2.38. The number of rotatable bonds is 4. The van der Waals surface area contributed by atoms with Crippen molar-refractivity contribution in [2.75, 3.05) is 26.2 Å². The highest BCUT2D eigenvalue weighted by Crippen LogP contribution is 2.32. The summed E-state index contributed by atoms with van der Waals surface area (Å²) in [6.07, 6.45) is 3.29. The molecule has 0 spiro atoms. The number of piperidine rings is 1. The van der Waals surface area contributed by atoms with E-state index in [1.54, 1.807) is 23.5 Å². The van der Waals surface area contributed by atoms with E-state index in [1.165, 1.54) is 5.56 Å². The minimum Gasteiger partial charge on any atom is -0.338 e. The number of carbonyl (C=O) groups is 1. The van der Waals surface area contributed by atoms with Gasteiger partial charge < -0.3 is 9.80 Å². The molecule has 2 aliphatic heterocycles. The molecule has 192 valence electrons. The quantitative estimate of drug-likeness (QED) is 0.282. The van der Waals surface area contributed by atoms with Gasteiger partial charge in [0, 0.05) is 24.7 Å². The SMILES string of the molecule is CC(C1CCN(C(=O)c2cccc3ccccc23)C1)N1CCC(c2ccc(F)cc2)CC1.c1ccsc1. The number of benzene rings is 3. The van der Waals surface area contributed by atoms with Crippen molar-refractivity contribution in [3.63, 3.8) is 0 Å². The maximum Gasteiger partial charge on any atom is 0.254 e. The van der Waals surface area contributed by atoms with Crippen LogP contribution in [0.4, 0.5) is 4.39 Å². The summed E-state index contributed by atoms with van der Waals surface area (Å²) in [6, 6.07) is 25.7. The molecule has 2 aliphatic rings. The van der Waals surface area contributed by atoms with Gasteiger partial charge in [0.2, 0.25) is 0 Å². The van der Waals surface area contributed by atoms with E-state index in [-0.39, 0.29) is 11.7 Å². The Morgan fingerprint density at radius 3 is 2.27 bits per heavy atom. The second-order valence-corrected chi connectivity index (χ2v) is 11.0. The fraction of sp³-hybridized carbons (Fsp3) is 0.344. The normalized spacial score (nSPS) is 19.4. The van der Waals surface area contributed by atoms with Crippen LogP contribution in [0.1, 0.15) is 48.0 Å². The molecule has 0 N–H and O–H groups in total. The van der Waals surface area contributed by atoms with Crippen molar-refractivity contribution < 1.29 is 9.18 Å². The Morgan fingerprint density at radius 2 is 1.57 bits per heavy atom. The largest absolute Gasteiger partial charge is 0.338 e. The number of amides is 1. The first-order chi connectivity index (χ1) is 18.1. The summed E-state index contributed by atoms with van der Waals surface area (Å²) >= 11 is 1.71. The third-order valence-corrected chi connectivity index (χ3v) is 8.72. The molecule has 2 saturated heterocycles. The van der Waals surface area contributed by atoms with Gasteiger partial charge in [-0.15, -0.1) is 0 Å².